The second kappa shape index (κ2) is 5.48. The van der Waals surface area contributed by atoms with Crippen LogP contribution in [-0.4, -0.2) is 33.8 Å². The highest BCUT2D eigenvalue weighted by molar-refractivity contribution is 5.80. The van der Waals surface area contributed by atoms with E-state index in [-0.39, 0.29) is 11.8 Å². The van der Waals surface area contributed by atoms with Gasteiger partial charge in [-0.25, -0.2) is 0 Å². The third-order valence-corrected chi connectivity index (χ3v) is 2.96. The summed E-state index contributed by atoms with van der Waals surface area (Å²) in [6.07, 6.45) is 1.80. The normalized spacial score (nSPS) is 16.9. The molecule has 1 aliphatic carbocycles. The Bertz CT molecular complexity index is 412. The number of hydrogen-bond acceptors (Lipinski definition) is 5. The standard InChI is InChI=1S/C12H19N3O3/c1-7(2)10(16)12(17)13-6-5-9-14-11(15-18-9)8-3-4-8/h7-8,10,16H,3-6H2,1-2H3,(H,13,17). The van der Waals surface area contributed by atoms with Gasteiger partial charge in [0.25, 0.3) is 0 Å². The van der Waals surface area contributed by atoms with Gasteiger partial charge < -0.3 is 14.9 Å². The Hall–Kier alpha value is -1.43. The van der Waals surface area contributed by atoms with Gasteiger partial charge in [0.05, 0.1) is 0 Å². The summed E-state index contributed by atoms with van der Waals surface area (Å²) in [7, 11) is 0. The molecule has 0 aromatic carbocycles. The zero-order chi connectivity index (χ0) is 13.1. The lowest BCUT2D eigenvalue weighted by Crippen LogP contribution is -2.38. The van der Waals surface area contributed by atoms with Gasteiger partial charge in [-0.15, -0.1) is 0 Å². The highest BCUT2D eigenvalue weighted by atomic mass is 16.5. The zero-order valence-corrected chi connectivity index (χ0v) is 10.7. The van der Waals surface area contributed by atoms with Gasteiger partial charge in [0.1, 0.15) is 6.10 Å². The molecule has 1 amide bonds. The Kier molecular flexibility index (Phi) is 3.96. The van der Waals surface area contributed by atoms with Crippen molar-refractivity contribution in [3.63, 3.8) is 0 Å². The Balaban J connectivity index is 1.72. The lowest BCUT2D eigenvalue weighted by molar-refractivity contribution is -0.131. The summed E-state index contributed by atoms with van der Waals surface area (Å²) in [6.45, 7) is 3.99. The number of aliphatic hydroxyl groups is 1. The molecular formula is C12H19N3O3. The molecule has 1 fully saturated rings. The number of nitrogens with zero attached hydrogens (tertiary/aromatic N) is 2. The number of carbonyl (C=O) groups is 1. The average molecular weight is 253 g/mol. The minimum absolute atomic E-state index is 0.0881. The van der Waals surface area contributed by atoms with Crippen LogP contribution in [0.4, 0.5) is 0 Å². The summed E-state index contributed by atoms with van der Waals surface area (Å²) in [5, 5.41) is 16.1. The summed E-state index contributed by atoms with van der Waals surface area (Å²) < 4.78 is 5.08. The molecule has 0 bridgehead atoms. The second-order valence-corrected chi connectivity index (χ2v) is 5.05. The molecule has 1 atom stereocenters. The van der Waals surface area contributed by atoms with Crippen molar-refractivity contribution < 1.29 is 14.4 Å². The molecule has 1 aliphatic rings. The summed E-state index contributed by atoms with van der Waals surface area (Å²) in [5.41, 5.74) is 0. The predicted octanol–water partition coefficient (Wildman–Crippen LogP) is 0.623. The van der Waals surface area contributed by atoms with E-state index < -0.39 is 6.10 Å². The molecule has 2 rings (SSSR count). The van der Waals surface area contributed by atoms with Crippen molar-refractivity contribution in [1.82, 2.24) is 15.5 Å². The van der Waals surface area contributed by atoms with E-state index in [1.165, 1.54) is 0 Å². The average Bonchev–Trinajstić information content (AvgIpc) is 3.08. The van der Waals surface area contributed by atoms with Crippen molar-refractivity contribution in [1.29, 1.82) is 0 Å². The van der Waals surface area contributed by atoms with E-state index in [0.717, 1.165) is 18.7 Å². The van der Waals surface area contributed by atoms with E-state index in [0.29, 0.717) is 24.8 Å². The molecule has 1 unspecified atom stereocenters. The van der Waals surface area contributed by atoms with Gasteiger partial charge in [0.2, 0.25) is 11.8 Å². The van der Waals surface area contributed by atoms with E-state index in [1.54, 1.807) is 13.8 Å². The maximum Gasteiger partial charge on any atom is 0.249 e. The molecule has 1 aromatic heterocycles. The van der Waals surface area contributed by atoms with Crippen LogP contribution in [0.15, 0.2) is 4.52 Å². The molecule has 18 heavy (non-hydrogen) atoms. The molecule has 1 aromatic rings. The molecule has 6 heteroatoms. The fourth-order valence-electron chi connectivity index (χ4n) is 1.58. The summed E-state index contributed by atoms with van der Waals surface area (Å²) >= 11 is 0. The minimum Gasteiger partial charge on any atom is -0.383 e. The molecular weight excluding hydrogens is 234 g/mol. The van der Waals surface area contributed by atoms with Crippen molar-refractivity contribution >= 4 is 5.91 Å². The van der Waals surface area contributed by atoms with Crippen LogP contribution in [0.1, 0.15) is 44.3 Å². The van der Waals surface area contributed by atoms with E-state index in [9.17, 15) is 9.90 Å². The van der Waals surface area contributed by atoms with Gasteiger partial charge >= 0.3 is 0 Å². The smallest absolute Gasteiger partial charge is 0.249 e. The highest BCUT2D eigenvalue weighted by Gasteiger charge is 2.28. The lowest BCUT2D eigenvalue weighted by Gasteiger charge is -2.13. The molecule has 6 nitrogen and oxygen atoms in total. The Morgan fingerprint density at radius 3 is 2.89 bits per heavy atom. The lowest BCUT2D eigenvalue weighted by atomic mass is 10.1. The second-order valence-electron chi connectivity index (χ2n) is 5.05. The van der Waals surface area contributed by atoms with E-state index in [4.69, 9.17) is 4.52 Å². The van der Waals surface area contributed by atoms with Gasteiger partial charge in [0.15, 0.2) is 5.82 Å². The number of amides is 1. The number of aliphatic hydroxyl groups excluding tert-OH is 1. The van der Waals surface area contributed by atoms with Gasteiger partial charge in [-0.1, -0.05) is 19.0 Å². The summed E-state index contributed by atoms with van der Waals surface area (Å²) in [5.74, 6) is 1.34. The predicted molar refractivity (Wildman–Crippen MR) is 63.8 cm³/mol. The molecule has 0 radical (unpaired) electrons. The van der Waals surface area contributed by atoms with Crippen molar-refractivity contribution in [3.05, 3.63) is 11.7 Å². The van der Waals surface area contributed by atoms with Crippen LogP contribution in [0, 0.1) is 5.92 Å². The van der Waals surface area contributed by atoms with Crippen LogP contribution in [-0.2, 0) is 11.2 Å². The van der Waals surface area contributed by atoms with Gasteiger partial charge in [-0.05, 0) is 18.8 Å². The van der Waals surface area contributed by atoms with Crippen LogP contribution < -0.4 is 5.32 Å². The molecule has 100 valence electrons. The van der Waals surface area contributed by atoms with E-state index in [1.807, 2.05) is 0 Å². The molecule has 2 N–H and O–H groups in total. The first kappa shape index (κ1) is 13.0. The fraction of sp³-hybridized carbons (Fsp3) is 0.750. The van der Waals surface area contributed by atoms with Crippen LogP contribution in [0.5, 0.6) is 0 Å². The highest BCUT2D eigenvalue weighted by Crippen LogP contribution is 2.38. The van der Waals surface area contributed by atoms with Crippen molar-refractivity contribution in [2.24, 2.45) is 5.92 Å². The molecule has 1 heterocycles. The van der Waals surface area contributed by atoms with E-state index >= 15 is 0 Å². The number of hydrogen-bond donors (Lipinski definition) is 2. The summed E-state index contributed by atoms with van der Waals surface area (Å²) in [4.78, 5) is 15.7. The quantitative estimate of drug-likeness (QED) is 0.776. The SMILES string of the molecule is CC(C)C(O)C(=O)NCCc1nc(C2CC2)no1. The third-order valence-electron chi connectivity index (χ3n) is 2.96. The molecule has 0 aliphatic heterocycles. The van der Waals surface area contributed by atoms with Crippen LogP contribution in [0.25, 0.3) is 0 Å². The fourth-order valence-corrected chi connectivity index (χ4v) is 1.58. The Morgan fingerprint density at radius 2 is 2.28 bits per heavy atom. The van der Waals surface area contributed by atoms with Crippen LogP contribution in [0.3, 0.4) is 0 Å². The molecule has 0 spiro atoms. The minimum atomic E-state index is -0.963. The van der Waals surface area contributed by atoms with Crippen molar-refractivity contribution in [2.75, 3.05) is 6.54 Å². The first-order valence-electron chi connectivity index (χ1n) is 6.36. The zero-order valence-electron chi connectivity index (χ0n) is 10.7. The van der Waals surface area contributed by atoms with Crippen molar-refractivity contribution in [3.8, 4) is 0 Å². The molecule has 0 saturated heterocycles. The van der Waals surface area contributed by atoms with Crippen LogP contribution in [0.2, 0.25) is 0 Å². The third kappa shape index (κ3) is 3.29. The largest absolute Gasteiger partial charge is 0.383 e. The molecule has 1 saturated carbocycles. The van der Waals surface area contributed by atoms with Gasteiger partial charge in [0, 0.05) is 18.9 Å². The van der Waals surface area contributed by atoms with Crippen LogP contribution >= 0.6 is 0 Å². The Labute approximate surface area is 106 Å². The first-order chi connectivity index (χ1) is 8.58. The number of carbonyl (C=O) groups excluding carboxylic acids is 1. The maximum absolute atomic E-state index is 11.5. The van der Waals surface area contributed by atoms with E-state index in [2.05, 4.69) is 15.5 Å². The topological polar surface area (TPSA) is 88.2 Å². The monoisotopic (exact) mass is 253 g/mol. The maximum atomic E-state index is 11.5. The summed E-state index contributed by atoms with van der Waals surface area (Å²) in [6, 6.07) is 0. The van der Waals surface area contributed by atoms with Gasteiger partial charge in [-0.2, -0.15) is 4.98 Å². The van der Waals surface area contributed by atoms with Crippen molar-refractivity contribution in [2.45, 2.75) is 45.1 Å². The number of nitrogens with one attached hydrogen (secondary N) is 1. The Morgan fingerprint density at radius 1 is 1.56 bits per heavy atom. The van der Waals surface area contributed by atoms with Gasteiger partial charge in [-0.3, -0.25) is 4.79 Å². The number of rotatable bonds is 6. The number of aromatic nitrogens is 2. The first-order valence-corrected chi connectivity index (χ1v) is 6.36.